The summed E-state index contributed by atoms with van der Waals surface area (Å²) in [6, 6.07) is 6.35. The van der Waals surface area contributed by atoms with Crippen LogP contribution in [0, 0.1) is 0 Å². The van der Waals surface area contributed by atoms with Gasteiger partial charge in [0.2, 0.25) is 0 Å². The normalized spacial score (nSPS) is 14.0. The zero-order valence-electron chi connectivity index (χ0n) is 13.5. The lowest BCUT2D eigenvalue weighted by atomic mass is 10.1. The van der Waals surface area contributed by atoms with Gasteiger partial charge in [0.15, 0.2) is 0 Å². The summed E-state index contributed by atoms with van der Waals surface area (Å²) in [5, 5.41) is 0. The summed E-state index contributed by atoms with van der Waals surface area (Å²) >= 11 is 0. The first-order valence-electron chi connectivity index (χ1n) is 7.68. The number of nitrogens with two attached hydrogens (primary N) is 1. The first-order chi connectivity index (χ1) is 10.2. The molecule has 21 heavy (non-hydrogen) atoms. The van der Waals surface area contributed by atoms with E-state index in [0.29, 0.717) is 0 Å². The van der Waals surface area contributed by atoms with Crippen LogP contribution in [0.15, 0.2) is 41.7 Å². The number of nitrogens with zero attached hydrogens (tertiary/aromatic N) is 3. The number of unbranched alkanes of at least 4 members (excludes halogenated alkanes) is 1. The van der Waals surface area contributed by atoms with Gasteiger partial charge in [0.25, 0.3) is 0 Å². The van der Waals surface area contributed by atoms with Crippen molar-refractivity contribution in [3.63, 3.8) is 0 Å². The zero-order valence-corrected chi connectivity index (χ0v) is 13.5. The maximum atomic E-state index is 5.61. The third-order valence-electron chi connectivity index (χ3n) is 3.44. The molecule has 4 heteroatoms. The quantitative estimate of drug-likeness (QED) is 0.561. The largest absolute Gasteiger partial charge is 0.330 e. The van der Waals surface area contributed by atoms with Crippen LogP contribution >= 0.6 is 0 Å². The van der Waals surface area contributed by atoms with Gasteiger partial charge >= 0.3 is 0 Å². The Morgan fingerprint density at radius 1 is 1.43 bits per heavy atom. The van der Waals surface area contributed by atoms with Gasteiger partial charge in [-0.05, 0) is 58.8 Å². The van der Waals surface area contributed by atoms with E-state index < -0.39 is 0 Å². The summed E-state index contributed by atoms with van der Waals surface area (Å²) in [7, 11) is 0. The van der Waals surface area contributed by atoms with Crippen molar-refractivity contribution in [2.45, 2.75) is 39.7 Å². The maximum Gasteiger partial charge on any atom is 0.0572 e. The molecule has 1 aromatic heterocycles. The molecule has 0 saturated carbocycles. The molecule has 0 radical (unpaired) electrons. The van der Waals surface area contributed by atoms with Crippen LogP contribution in [0.1, 0.15) is 45.3 Å². The Morgan fingerprint density at radius 2 is 2.24 bits per heavy atom. The predicted octanol–water partition coefficient (Wildman–Crippen LogP) is 3.18. The van der Waals surface area contributed by atoms with Gasteiger partial charge in [0.1, 0.15) is 0 Å². The number of hydrogen-bond donors (Lipinski definition) is 1. The Labute approximate surface area is 128 Å². The van der Waals surface area contributed by atoms with Gasteiger partial charge < -0.3 is 5.73 Å². The molecule has 2 N–H and O–H groups in total. The average molecular weight is 288 g/mol. The van der Waals surface area contributed by atoms with Gasteiger partial charge in [0.05, 0.1) is 5.69 Å². The third-order valence-corrected chi connectivity index (χ3v) is 3.44. The van der Waals surface area contributed by atoms with Crippen molar-refractivity contribution < 1.29 is 0 Å². The molecule has 1 aromatic rings. The summed E-state index contributed by atoms with van der Waals surface area (Å²) in [6.45, 7) is 8.86. The van der Waals surface area contributed by atoms with Crippen LogP contribution in [0.4, 0.5) is 0 Å². The van der Waals surface area contributed by atoms with Crippen molar-refractivity contribution in [3.05, 3.63) is 42.4 Å². The molecule has 116 valence electrons. The van der Waals surface area contributed by atoms with Crippen molar-refractivity contribution in [3.8, 4) is 0 Å². The molecule has 1 unspecified atom stereocenters. The highest BCUT2D eigenvalue weighted by Gasteiger charge is 2.16. The third kappa shape index (κ3) is 6.65. The standard InChI is InChI=1S/C17H28N4/c1-4-11-19-15(2)14-21(13-8-6-10-18)16(3)17-9-5-7-12-20-17/h4-5,7,9,11-12,16H,6,8,10,13-14,18H2,1-3H3/b11-4-,19-15?. The first-order valence-corrected chi connectivity index (χ1v) is 7.68. The Balaban J connectivity index is 2.75. The molecule has 0 aliphatic heterocycles. The van der Waals surface area contributed by atoms with Crippen molar-refractivity contribution in [2.75, 3.05) is 19.6 Å². The molecule has 0 fully saturated rings. The van der Waals surface area contributed by atoms with E-state index in [1.54, 1.807) is 0 Å². The van der Waals surface area contributed by atoms with Crippen LogP contribution in [-0.2, 0) is 0 Å². The Bertz CT molecular complexity index is 439. The second-order valence-corrected chi connectivity index (χ2v) is 5.24. The molecule has 4 nitrogen and oxygen atoms in total. The molecular formula is C17H28N4. The van der Waals surface area contributed by atoms with E-state index in [4.69, 9.17) is 5.73 Å². The van der Waals surface area contributed by atoms with E-state index in [2.05, 4.69) is 34.8 Å². The number of aromatic nitrogens is 1. The molecule has 0 aromatic carbocycles. The van der Waals surface area contributed by atoms with E-state index in [1.165, 1.54) is 0 Å². The van der Waals surface area contributed by atoms with Gasteiger partial charge in [-0.3, -0.25) is 14.9 Å². The van der Waals surface area contributed by atoms with Gasteiger partial charge in [0, 0.05) is 30.7 Å². The van der Waals surface area contributed by atoms with E-state index in [-0.39, 0.29) is 6.04 Å². The van der Waals surface area contributed by atoms with Crippen LogP contribution in [0.25, 0.3) is 0 Å². The lowest BCUT2D eigenvalue weighted by molar-refractivity contribution is 0.233. The highest BCUT2D eigenvalue weighted by atomic mass is 15.2. The second kappa shape index (κ2) is 10.2. The monoisotopic (exact) mass is 288 g/mol. The number of hydrogen-bond acceptors (Lipinski definition) is 4. The number of allylic oxidation sites excluding steroid dienone is 1. The van der Waals surface area contributed by atoms with E-state index in [1.807, 2.05) is 37.5 Å². The smallest absolute Gasteiger partial charge is 0.0572 e. The zero-order chi connectivity index (χ0) is 15.5. The number of aliphatic imine (C=N–C) groups is 1. The fourth-order valence-corrected chi connectivity index (χ4v) is 2.22. The second-order valence-electron chi connectivity index (χ2n) is 5.24. The van der Waals surface area contributed by atoms with E-state index in [9.17, 15) is 0 Å². The van der Waals surface area contributed by atoms with Gasteiger partial charge in [-0.25, -0.2) is 0 Å². The van der Waals surface area contributed by atoms with Crippen molar-refractivity contribution in [2.24, 2.45) is 10.7 Å². The Hall–Kier alpha value is -1.52. The predicted molar refractivity (Wildman–Crippen MR) is 90.4 cm³/mol. The minimum Gasteiger partial charge on any atom is -0.330 e. The topological polar surface area (TPSA) is 54.5 Å². The molecule has 0 bridgehead atoms. The molecule has 1 atom stereocenters. The van der Waals surface area contributed by atoms with Crippen LogP contribution in [-0.4, -0.2) is 35.2 Å². The van der Waals surface area contributed by atoms with Gasteiger partial charge in [-0.15, -0.1) is 0 Å². The number of rotatable bonds is 9. The van der Waals surface area contributed by atoms with Crippen molar-refractivity contribution >= 4 is 5.71 Å². The lowest BCUT2D eigenvalue weighted by Crippen LogP contribution is -2.33. The maximum absolute atomic E-state index is 5.61. The molecule has 0 saturated heterocycles. The molecule has 0 aliphatic carbocycles. The molecule has 0 amide bonds. The molecule has 1 rings (SSSR count). The SMILES string of the molecule is C/C=C\N=C(C)CN(CCCCN)C(C)c1ccccn1. The van der Waals surface area contributed by atoms with E-state index in [0.717, 1.165) is 43.9 Å². The van der Waals surface area contributed by atoms with E-state index >= 15 is 0 Å². The summed E-state index contributed by atoms with van der Waals surface area (Å²) in [5.74, 6) is 0. The molecule has 0 spiro atoms. The van der Waals surface area contributed by atoms with Gasteiger partial charge in [-0.1, -0.05) is 12.1 Å². The van der Waals surface area contributed by atoms with Crippen molar-refractivity contribution in [1.82, 2.24) is 9.88 Å². The molecule has 1 heterocycles. The Morgan fingerprint density at radius 3 is 2.86 bits per heavy atom. The van der Waals surface area contributed by atoms with Crippen LogP contribution in [0.3, 0.4) is 0 Å². The minimum atomic E-state index is 0.278. The number of pyridine rings is 1. The fourth-order valence-electron chi connectivity index (χ4n) is 2.22. The molecule has 0 aliphatic rings. The van der Waals surface area contributed by atoms with Crippen molar-refractivity contribution in [1.29, 1.82) is 0 Å². The fraction of sp³-hybridized carbons (Fsp3) is 0.529. The first kappa shape index (κ1) is 17.5. The van der Waals surface area contributed by atoms with Crippen LogP contribution in [0.2, 0.25) is 0 Å². The van der Waals surface area contributed by atoms with Crippen LogP contribution < -0.4 is 5.73 Å². The lowest BCUT2D eigenvalue weighted by Gasteiger charge is -2.28. The summed E-state index contributed by atoms with van der Waals surface area (Å²) in [5.41, 5.74) is 7.82. The molecular weight excluding hydrogens is 260 g/mol. The average Bonchev–Trinajstić information content (AvgIpc) is 2.52. The summed E-state index contributed by atoms with van der Waals surface area (Å²) < 4.78 is 0. The summed E-state index contributed by atoms with van der Waals surface area (Å²) in [4.78, 5) is 11.3. The van der Waals surface area contributed by atoms with Crippen LogP contribution in [0.5, 0.6) is 0 Å². The van der Waals surface area contributed by atoms with Gasteiger partial charge in [-0.2, -0.15) is 0 Å². The minimum absolute atomic E-state index is 0.278. The summed E-state index contributed by atoms with van der Waals surface area (Å²) in [6.07, 6.45) is 7.80. The Kier molecular flexibility index (Phi) is 8.55. The highest BCUT2D eigenvalue weighted by molar-refractivity contribution is 5.84. The highest BCUT2D eigenvalue weighted by Crippen LogP contribution is 2.18.